The first kappa shape index (κ1) is 13.8. The molecule has 4 heteroatoms. The minimum atomic E-state index is -0.440. The zero-order valence-corrected chi connectivity index (χ0v) is 11.2. The van der Waals surface area contributed by atoms with Crippen molar-refractivity contribution in [3.63, 3.8) is 0 Å². The molecule has 0 radical (unpaired) electrons. The lowest BCUT2D eigenvalue weighted by atomic mass is 10.1. The molecule has 0 spiro atoms. The Hall–Kier alpha value is -2.62. The van der Waals surface area contributed by atoms with Crippen molar-refractivity contribution < 1.29 is 9.90 Å². The first-order valence-electron chi connectivity index (χ1n) is 6.41. The van der Waals surface area contributed by atoms with E-state index >= 15 is 0 Å². The Morgan fingerprint density at radius 1 is 1.20 bits per heavy atom. The van der Waals surface area contributed by atoms with Crippen molar-refractivity contribution in [2.45, 2.75) is 13.3 Å². The summed E-state index contributed by atoms with van der Waals surface area (Å²) < 4.78 is 0. The van der Waals surface area contributed by atoms with Gasteiger partial charge in [0.1, 0.15) is 5.75 Å². The normalized spacial score (nSPS) is 10.7. The fraction of sp³-hybridized carbons (Fsp3) is 0.125. The summed E-state index contributed by atoms with van der Waals surface area (Å²) in [6, 6.07) is 14.3. The molecule has 0 aliphatic rings. The fourth-order valence-corrected chi connectivity index (χ4v) is 1.73. The minimum absolute atomic E-state index is 0.0625. The van der Waals surface area contributed by atoms with Crippen LogP contribution in [0, 0.1) is 0 Å². The molecule has 4 nitrogen and oxygen atoms in total. The molecule has 0 aromatic heterocycles. The van der Waals surface area contributed by atoms with Crippen molar-refractivity contribution >= 4 is 12.1 Å². The zero-order valence-electron chi connectivity index (χ0n) is 11.2. The van der Waals surface area contributed by atoms with Crippen molar-refractivity contribution in [1.29, 1.82) is 0 Å². The zero-order chi connectivity index (χ0) is 14.4. The Morgan fingerprint density at radius 2 is 1.90 bits per heavy atom. The smallest absolute Gasteiger partial charge is 0.275 e. The summed E-state index contributed by atoms with van der Waals surface area (Å²) in [5, 5.41) is 13.4. The quantitative estimate of drug-likeness (QED) is 0.661. The second-order valence-corrected chi connectivity index (χ2v) is 4.31. The highest BCUT2D eigenvalue weighted by molar-refractivity contribution is 5.97. The van der Waals surface area contributed by atoms with Crippen LogP contribution in [0.15, 0.2) is 53.6 Å². The molecule has 0 saturated carbocycles. The summed E-state index contributed by atoms with van der Waals surface area (Å²) in [5.41, 5.74) is 4.74. The van der Waals surface area contributed by atoms with Crippen LogP contribution in [0.3, 0.4) is 0 Å². The van der Waals surface area contributed by atoms with Gasteiger partial charge < -0.3 is 5.11 Å². The fourth-order valence-electron chi connectivity index (χ4n) is 1.73. The Labute approximate surface area is 117 Å². The van der Waals surface area contributed by atoms with E-state index in [-0.39, 0.29) is 11.3 Å². The van der Waals surface area contributed by atoms with Crippen molar-refractivity contribution in [1.82, 2.24) is 5.43 Å². The summed E-state index contributed by atoms with van der Waals surface area (Å²) in [5.74, 6) is -0.503. The third-order valence-corrected chi connectivity index (χ3v) is 2.92. The lowest BCUT2D eigenvalue weighted by Gasteiger charge is -2.02. The summed E-state index contributed by atoms with van der Waals surface area (Å²) in [4.78, 5) is 11.8. The standard InChI is InChI=1S/C16H16N2O2/c1-2-12-7-9-13(10-8-12)11-17-18-16(20)14-5-3-4-6-15(14)19/h3-11,19H,2H2,1H3,(H,18,20)/b17-11+. The van der Waals surface area contributed by atoms with Crippen LogP contribution in [0.5, 0.6) is 5.75 Å². The molecule has 0 aliphatic heterocycles. The number of nitrogens with zero attached hydrogens (tertiary/aromatic N) is 1. The van der Waals surface area contributed by atoms with Crippen LogP contribution in [-0.2, 0) is 6.42 Å². The van der Waals surface area contributed by atoms with Crippen LogP contribution in [0.25, 0.3) is 0 Å². The number of phenolic OH excluding ortho intramolecular Hbond substituents is 1. The average Bonchev–Trinajstić information content (AvgIpc) is 2.48. The van der Waals surface area contributed by atoms with Crippen molar-refractivity contribution in [2.24, 2.45) is 5.10 Å². The molecule has 2 N–H and O–H groups in total. The molecule has 0 heterocycles. The third kappa shape index (κ3) is 3.45. The first-order chi connectivity index (χ1) is 9.70. The number of benzene rings is 2. The highest BCUT2D eigenvalue weighted by atomic mass is 16.3. The van der Waals surface area contributed by atoms with Crippen molar-refractivity contribution in [3.05, 3.63) is 65.2 Å². The van der Waals surface area contributed by atoms with Crippen LogP contribution >= 0.6 is 0 Å². The molecule has 0 unspecified atom stereocenters. The number of aryl methyl sites for hydroxylation is 1. The van der Waals surface area contributed by atoms with Crippen LogP contribution in [0.4, 0.5) is 0 Å². The van der Waals surface area contributed by atoms with Gasteiger partial charge in [-0.05, 0) is 29.7 Å². The van der Waals surface area contributed by atoms with Gasteiger partial charge in [0.15, 0.2) is 0 Å². The molecule has 102 valence electrons. The number of rotatable bonds is 4. The van der Waals surface area contributed by atoms with Gasteiger partial charge in [0.25, 0.3) is 5.91 Å². The number of para-hydroxylation sites is 1. The molecule has 20 heavy (non-hydrogen) atoms. The predicted octanol–water partition coefficient (Wildman–Crippen LogP) is 2.72. The van der Waals surface area contributed by atoms with E-state index in [0.29, 0.717) is 0 Å². The van der Waals surface area contributed by atoms with Crippen LogP contribution in [0.2, 0.25) is 0 Å². The summed E-state index contributed by atoms with van der Waals surface area (Å²) in [7, 11) is 0. The number of phenols is 1. The largest absolute Gasteiger partial charge is 0.507 e. The number of hydrogen-bond donors (Lipinski definition) is 2. The van der Waals surface area contributed by atoms with Crippen LogP contribution in [-0.4, -0.2) is 17.2 Å². The van der Waals surface area contributed by atoms with Crippen molar-refractivity contribution in [3.8, 4) is 5.75 Å². The number of aromatic hydroxyl groups is 1. The van der Waals surface area contributed by atoms with E-state index in [9.17, 15) is 9.90 Å². The molecule has 0 saturated heterocycles. The van der Waals surface area contributed by atoms with Crippen molar-refractivity contribution in [2.75, 3.05) is 0 Å². The molecule has 1 amide bonds. The molecular weight excluding hydrogens is 252 g/mol. The minimum Gasteiger partial charge on any atom is -0.507 e. The van der Waals surface area contributed by atoms with Gasteiger partial charge >= 0.3 is 0 Å². The molecule has 2 aromatic carbocycles. The second kappa shape index (κ2) is 6.52. The highest BCUT2D eigenvalue weighted by Crippen LogP contribution is 2.14. The number of amides is 1. The van der Waals surface area contributed by atoms with E-state index in [4.69, 9.17) is 0 Å². The monoisotopic (exact) mass is 268 g/mol. The van der Waals surface area contributed by atoms with E-state index in [0.717, 1.165) is 12.0 Å². The van der Waals surface area contributed by atoms with Gasteiger partial charge in [0.2, 0.25) is 0 Å². The summed E-state index contributed by atoms with van der Waals surface area (Å²) in [6.07, 6.45) is 2.55. The SMILES string of the molecule is CCc1ccc(/C=N/NC(=O)c2ccccc2O)cc1. The Kier molecular flexibility index (Phi) is 4.50. The van der Waals surface area contributed by atoms with Gasteiger partial charge in [-0.15, -0.1) is 0 Å². The summed E-state index contributed by atoms with van der Waals surface area (Å²) in [6.45, 7) is 2.09. The van der Waals surface area contributed by atoms with Gasteiger partial charge in [0.05, 0.1) is 11.8 Å². The van der Waals surface area contributed by atoms with Gasteiger partial charge in [-0.25, -0.2) is 5.43 Å². The highest BCUT2D eigenvalue weighted by Gasteiger charge is 2.08. The molecule has 0 bridgehead atoms. The molecule has 0 fully saturated rings. The predicted molar refractivity (Wildman–Crippen MR) is 79.0 cm³/mol. The number of nitrogens with one attached hydrogen (secondary N) is 1. The lowest BCUT2D eigenvalue weighted by Crippen LogP contribution is -2.17. The molecule has 2 aromatic rings. The Bertz CT molecular complexity index is 619. The molecule has 0 aliphatic carbocycles. The van der Waals surface area contributed by atoms with E-state index in [1.807, 2.05) is 24.3 Å². The maximum absolute atomic E-state index is 11.8. The first-order valence-corrected chi connectivity index (χ1v) is 6.41. The van der Waals surface area contributed by atoms with Gasteiger partial charge in [-0.1, -0.05) is 43.3 Å². The number of carbonyl (C=O) groups excluding carboxylic acids is 1. The van der Waals surface area contributed by atoms with E-state index in [1.54, 1.807) is 18.3 Å². The number of carbonyl (C=O) groups is 1. The second-order valence-electron chi connectivity index (χ2n) is 4.31. The number of hydrogen-bond acceptors (Lipinski definition) is 3. The average molecular weight is 268 g/mol. The topological polar surface area (TPSA) is 61.7 Å². The summed E-state index contributed by atoms with van der Waals surface area (Å²) >= 11 is 0. The maximum atomic E-state index is 11.8. The molecule has 0 atom stereocenters. The molecule has 2 rings (SSSR count). The van der Waals surface area contributed by atoms with Crippen LogP contribution < -0.4 is 5.43 Å². The maximum Gasteiger partial charge on any atom is 0.275 e. The third-order valence-electron chi connectivity index (χ3n) is 2.92. The van der Waals surface area contributed by atoms with Gasteiger partial charge in [-0.3, -0.25) is 4.79 Å². The molecular formula is C16H16N2O2. The van der Waals surface area contributed by atoms with E-state index < -0.39 is 5.91 Å². The lowest BCUT2D eigenvalue weighted by molar-refractivity contribution is 0.0952. The Morgan fingerprint density at radius 3 is 2.55 bits per heavy atom. The van der Waals surface area contributed by atoms with E-state index in [1.165, 1.54) is 17.7 Å². The van der Waals surface area contributed by atoms with Gasteiger partial charge in [-0.2, -0.15) is 5.10 Å². The van der Waals surface area contributed by atoms with E-state index in [2.05, 4.69) is 17.5 Å². The van der Waals surface area contributed by atoms with Gasteiger partial charge in [0, 0.05) is 0 Å². The number of hydrazone groups is 1. The Balaban J connectivity index is 1.99. The van der Waals surface area contributed by atoms with Crippen LogP contribution in [0.1, 0.15) is 28.4 Å².